The highest BCUT2D eigenvalue weighted by molar-refractivity contribution is 6.17. The molecule has 214 valence electrons. The highest BCUT2D eigenvalue weighted by atomic mass is 15.0. The Morgan fingerprint density at radius 3 is 1.59 bits per heavy atom. The van der Waals surface area contributed by atoms with Gasteiger partial charge >= 0.3 is 0 Å². The summed E-state index contributed by atoms with van der Waals surface area (Å²) in [4.78, 5) is 15.3. The highest BCUT2D eigenvalue weighted by Crippen LogP contribution is 2.37. The lowest BCUT2D eigenvalue weighted by Gasteiger charge is -2.14. The third-order valence-electron chi connectivity index (χ3n) is 8.92. The van der Waals surface area contributed by atoms with Gasteiger partial charge in [0.15, 0.2) is 17.5 Å². The van der Waals surface area contributed by atoms with Crippen LogP contribution in [0.4, 0.5) is 0 Å². The van der Waals surface area contributed by atoms with E-state index >= 15 is 0 Å². The van der Waals surface area contributed by atoms with Crippen LogP contribution < -0.4 is 0 Å². The monoisotopic (exact) mass is 585 g/mol. The minimum Gasteiger partial charge on any atom is -0.208 e. The maximum Gasteiger partial charge on any atom is 0.164 e. The van der Waals surface area contributed by atoms with Crippen LogP contribution in [0.3, 0.4) is 0 Å². The molecular formula is C43H27N3. The van der Waals surface area contributed by atoms with Gasteiger partial charge in [-0.05, 0) is 60.3 Å². The lowest BCUT2D eigenvalue weighted by Crippen LogP contribution is -2.01. The average molecular weight is 586 g/mol. The Labute approximate surface area is 266 Å². The van der Waals surface area contributed by atoms with Gasteiger partial charge in [-0.1, -0.05) is 158 Å². The van der Waals surface area contributed by atoms with E-state index in [1.165, 1.54) is 37.7 Å². The van der Waals surface area contributed by atoms with Crippen LogP contribution in [0.15, 0.2) is 164 Å². The van der Waals surface area contributed by atoms with E-state index in [2.05, 4.69) is 146 Å². The van der Waals surface area contributed by atoms with Crippen molar-refractivity contribution in [1.82, 2.24) is 15.0 Å². The second-order valence-electron chi connectivity index (χ2n) is 11.6. The SMILES string of the molecule is c1ccc(-c2nc(-c3ccc4c(ccc5c6ccccc6ccc45)c3)nc(-c3ccccc3-c3cccc4ccccc34)n2)cc1. The maximum atomic E-state index is 5.15. The number of hydrogen-bond acceptors (Lipinski definition) is 3. The largest absolute Gasteiger partial charge is 0.208 e. The van der Waals surface area contributed by atoms with Gasteiger partial charge in [0.05, 0.1) is 0 Å². The molecule has 9 aromatic rings. The molecule has 46 heavy (non-hydrogen) atoms. The van der Waals surface area contributed by atoms with E-state index < -0.39 is 0 Å². The normalized spacial score (nSPS) is 11.5. The summed E-state index contributed by atoms with van der Waals surface area (Å²) < 4.78 is 0. The first-order chi connectivity index (χ1) is 22.8. The van der Waals surface area contributed by atoms with Crippen LogP contribution in [-0.2, 0) is 0 Å². The molecule has 0 spiro atoms. The van der Waals surface area contributed by atoms with Crippen LogP contribution in [0.5, 0.6) is 0 Å². The van der Waals surface area contributed by atoms with Crippen molar-refractivity contribution < 1.29 is 0 Å². The summed E-state index contributed by atoms with van der Waals surface area (Å²) in [5.74, 6) is 1.95. The summed E-state index contributed by atoms with van der Waals surface area (Å²) in [5.41, 5.74) is 5.12. The molecule has 0 aliphatic rings. The third kappa shape index (κ3) is 4.41. The number of aromatic nitrogens is 3. The fourth-order valence-corrected chi connectivity index (χ4v) is 6.68. The van der Waals surface area contributed by atoms with E-state index in [1.54, 1.807) is 0 Å². The molecule has 0 radical (unpaired) electrons. The summed E-state index contributed by atoms with van der Waals surface area (Å²) in [7, 11) is 0. The number of hydrogen-bond donors (Lipinski definition) is 0. The molecule has 8 aromatic carbocycles. The molecular weight excluding hydrogens is 558 g/mol. The number of benzene rings is 8. The Kier molecular flexibility index (Phi) is 6.14. The molecule has 0 bridgehead atoms. The van der Waals surface area contributed by atoms with Crippen molar-refractivity contribution in [2.45, 2.75) is 0 Å². The van der Waals surface area contributed by atoms with Gasteiger partial charge in [-0.25, -0.2) is 15.0 Å². The molecule has 0 saturated carbocycles. The van der Waals surface area contributed by atoms with Gasteiger partial charge in [0.1, 0.15) is 0 Å². The van der Waals surface area contributed by atoms with Gasteiger partial charge in [0.2, 0.25) is 0 Å². The topological polar surface area (TPSA) is 38.7 Å². The van der Waals surface area contributed by atoms with E-state index in [9.17, 15) is 0 Å². The molecule has 0 aliphatic carbocycles. The molecule has 0 amide bonds. The van der Waals surface area contributed by atoms with Crippen molar-refractivity contribution in [1.29, 1.82) is 0 Å². The van der Waals surface area contributed by atoms with Gasteiger partial charge < -0.3 is 0 Å². The van der Waals surface area contributed by atoms with Crippen molar-refractivity contribution in [2.24, 2.45) is 0 Å². The fraction of sp³-hybridized carbons (Fsp3) is 0. The van der Waals surface area contributed by atoms with Gasteiger partial charge in [-0.15, -0.1) is 0 Å². The summed E-state index contributed by atoms with van der Waals surface area (Å²) in [6, 6.07) is 57.5. The van der Waals surface area contributed by atoms with Crippen LogP contribution >= 0.6 is 0 Å². The first-order valence-corrected chi connectivity index (χ1v) is 15.5. The first-order valence-electron chi connectivity index (χ1n) is 15.5. The first kappa shape index (κ1) is 26.2. The lowest BCUT2D eigenvalue weighted by atomic mass is 9.94. The van der Waals surface area contributed by atoms with Crippen molar-refractivity contribution in [3.8, 4) is 45.3 Å². The molecule has 0 aliphatic heterocycles. The number of fused-ring (bicyclic) bond motifs is 6. The van der Waals surface area contributed by atoms with Gasteiger partial charge in [-0.2, -0.15) is 0 Å². The van der Waals surface area contributed by atoms with Crippen LogP contribution in [0.1, 0.15) is 0 Å². The number of rotatable bonds is 4. The van der Waals surface area contributed by atoms with Crippen LogP contribution in [0, 0.1) is 0 Å². The van der Waals surface area contributed by atoms with E-state index in [4.69, 9.17) is 15.0 Å². The minimum absolute atomic E-state index is 0.650. The standard InChI is InChI=1S/C43H27N3/c1-2-13-30(14-3-1)41-44-42(32-23-24-35-31(27-32)22-26-38-34-17-7-5-12-29(34)21-25-39(35)38)46-43(45-41)40-19-9-8-18-37(40)36-20-10-15-28-11-4-6-16-33(28)36/h1-27H. The quantitative estimate of drug-likeness (QED) is 0.193. The number of nitrogens with zero attached hydrogens (tertiary/aromatic N) is 3. The van der Waals surface area contributed by atoms with E-state index in [0.717, 1.165) is 33.2 Å². The molecule has 3 nitrogen and oxygen atoms in total. The molecule has 0 fully saturated rings. The maximum absolute atomic E-state index is 5.15. The van der Waals surface area contributed by atoms with Crippen molar-refractivity contribution in [2.75, 3.05) is 0 Å². The van der Waals surface area contributed by atoms with Crippen molar-refractivity contribution in [3.63, 3.8) is 0 Å². The van der Waals surface area contributed by atoms with Crippen LogP contribution in [-0.4, -0.2) is 15.0 Å². The van der Waals surface area contributed by atoms with Gasteiger partial charge in [-0.3, -0.25) is 0 Å². The highest BCUT2D eigenvalue weighted by Gasteiger charge is 2.17. The van der Waals surface area contributed by atoms with E-state index in [0.29, 0.717) is 17.5 Å². The molecule has 3 heteroatoms. The Bertz CT molecular complexity index is 2580. The smallest absolute Gasteiger partial charge is 0.164 e. The predicted molar refractivity (Wildman–Crippen MR) is 192 cm³/mol. The van der Waals surface area contributed by atoms with E-state index in [1.807, 2.05) is 18.2 Å². The Morgan fingerprint density at radius 2 is 0.783 bits per heavy atom. The molecule has 0 saturated heterocycles. The molecule has 0 N–H and O–H groups in total. The lowest BCUT2D eigenvalue weighted by molar-refractivity contribution is 1.07. The second-order valence-corrected chi connectivity index (χ2v) is 11.6. The van der Waals surface area contributed by atoms with Crippen LogP contribution in [0.2, 0.25) is 0 Å². The Balaban J connectivity index is 1.24. The van der Waals surface area contributed by atoms with Gasteiger partial charge in [0, 0.05) is 16.7 Å². The second kappa shape index (κ2) is 10.8. The van der Waals surface area contributed by atoms with Crippen LogP contribution in [0.25, 0.3) is 88.4 Å². The summed E-state index contributed by atoms with van der Waals surface area (Å²) >= 11 is 0. The summed E-state index contributed by atoms with van der Waals surface area (Å²) in [6.45, 7) is 0. The Hall–Kier alpha value is -6.19. The molecule has 0 unspecified atom stereocenters. The zero-order chi connectivity index (χ0) is 30.5. The fourth-order valence-electron chi connectivity index (χ4n) is 6.68. The van der Waals surface area contributed by atoms with Gasteiger partial charge in [0.25, 0.3) is 0 Å². The van der Waals surface area contributed by atoms with Crippen molar-refractivity contribution in [3.05, 3.63) is 164 Å². The summed E-state index contributed by atoms with van der Waals surface area (Å²) in [5, 5.41) is 9.79. The molecule has 0 atom stereocenters. The zero-order valence-electron chi connectivity index (χ0n) is 24.9. The summed E-state index contributed by atoms with van der Waals surface area (Å²) in [6.07, 6.45) is 0. The minimum atomic E-state index is 0.650. The molecule has 1 heterocycles. The zero-order valence-corrected chi connectivity index (χ0v) is 24.9. The predicted octanol–water partition coefficient (Wildman–Crippen LogP) is 11.2. The van der Waals surface area contributed by atoms with Crippen molar-refractivity contribution >= 4 is 43.1 Å². The van der Waals surface area contributed by atoms with E-state index in [-0.39, 0.29) is 0 Å². The Morgan fingerprint density at radius 1 is 0.261 bits per heavy atom. The third-order valence-corrected chi connectivity index (χ3v) is 8.92. The molecule has 1 aromatic heterocycles. The average Bonchev–Trinajstić information content (AvgIpc) is 3.14. The molecule has 9 rings (SSSR count).